The van der Waals surface area contributed by atoms with Crippen LogP contribution < -0.4 is 10.2 Å². The first-order valence-corrected chi connectivity index (χ1v) is 6.51. The molecule has 2 heterocycles. The second-order valence-corrected chi connectivity index (χ2v) is 5.26. The van der Waals surface area contributed by atoms with Gasteiger partial charge in [-0.25, -0.2) is 4.79 Å². The number of carbonyl (C=O) groups excluding carboxylic acids is 2. The molecule has 0 unspecified atom stereocenters. The molecule has 0 bridgehead atoms. The lowest BCUT2D eigenvalue weighted by molar-refractivity contribution is -0.120. The second kappa shape index (κ2) is 4.27. The van der Waals surface area contributed by atoms with Crippen molar-refractivity contribution in [2.24, 2.45) is 0 Å². The van der Waals surface area contributed by atoms with E-state index in [0.29, 0.717) is 18.7 Å². The third kappa shape index (κ3) is 1.86. The normalized spacial score (nSPS) is 16.2. The molecule has 92 valence electrons. The lowest BCUT2D eigenvalue weighted by atomic mass is 10.2. The summed E-state index contributed by atoms with van der Waals surface area (Å²) >= 11 is 2.21. The summed E-state index contributed by atoms with van der Waals surface area (Å²) in [5.41, 5.74) is 1.43. The highest BCUT2D eigenvalue weighted by molar-refractivity contribution is 14.1. The van der Waals surface area contributed by atoms with Crippen molar-refractivity contribution in [2.45, 2.75) is 6.42 Å². The number of carbonyl (C=O) groups is 2. The molecule has 1 N–H and O–H groups in total. The Kier molecular flexibility index (Phi) is 2.73. The van der Waals surface area contributed by atoms with Crippen LogP contribution in [0.1, 0.15) is 6.42 Å². The molecule has 1 fully saturated rings. The van der Waals surface area contributed by atoms with Crippen LogP contribution >= 0.6 is 22.6 Å². The second-order valence-electron chi connectivity index (χ2n) is 4.02. The number of nitrogens with zero attached hydrogens (tertiary/aromatic N) is 1. The van der Waals surface area contributed by atoms with Gasteiger partial charge in [-0.05, 0) is 40.8 Å². The van der Waals surface area contributed by atoms with Gasteiger partial charge >= 0.3 is 6.03 Å². The van der Waals surface area contributed by atoms with E-state index in [0.717, 1.165) is 14.5 Å². The summed E-state index contributed by atoms with van der Waals surface area (Å²) in [6.07, 6.45) is 1.86. The maximum Gasteiger partial charge on any atom is 0.328 e. The van der Waals surface area contributed by atoms with Crippen molar-refractivity contribution in [3.8, 4) is 0 Å². The molecule has 6 heteroatoms. The number of hydrogen-bond acceptors (Lipinski definition) is 3. The lowest BCUT2D eigenvalue weighted by Gasteiger charge is -2.25. The van der Waals surface area contributed by atoms with Gasteiger partial charge in [0.05, 0.1) is 5.69 Å². The van der Waals surface area contributed by atoms with Crippen molar-refractivity contribution < 1.29 is 14.0 Å². The first kappa shape index (κ1) is 11.5. The average Bonchev–Trinajstić information content (AvgIpc) is 2.72. The van der Waals surface area contributed by atoms with E-state index >= 15 is 0 Å². The van der Waals surface area contributed by atoms with E-state index in [9.17, 15) is 9.59 Å². The summed E-state index contributed by atoms with van der Waals surface area (Å²) in [4.78, 5) is 24.4. The predicted molar refractivity (Wildman–Crippen MR) is 74.4 cm³/mol. The molecule has 0 atom stereocenters. The third-order valence-corrected chi connectivity index (χ3v) is 3.53. The average molecular weight is 356 g/mol. The highest BCUT2D eigenvalue weighted by Crippen LogP contribution is 2.31. The zero-order valence-corrected chi connectivity index (χ0v) is 11.4. The van der Waals surface area contributed by atoms with E-state index in [1.54, 1.807) is 6.26 Å². The molecule has 3 rings (SSSR count). The summed E-state index contributed by atoms with van der Waals surface area (Å²) in [7, 11) is 0. The van der Waals surface area contributed by atoms with Crippen LogP contribution in [0.15, 0.2) is 28.9 Å². The van der Waals surface area contributed by atoms with Crippen molar-refractivity contribution >= 4 is 51.2 Å². The van der Waals surface area contributed by atoms with Crippen molar-refractivity contribution in [1.29, 1.82) is 0 Å². The predicted octanol–water partition coefficient (Wildman–Crippen LogP) is 2.48. The SMILES string of the molecule is O=C1CCN(c2coc3ccc(I)cc23)C(=O)N1. The third-order valence-electron chi connectivity index (χ3n) is 2.86. The summed E-state index contributed by atoms with van der Waals surface area (Å²) < 4.78 is 6.49. The fourth-order valence-electron chi connectivity index (χ4n) is 1.99. The molecule has 1 aliphatic heterocycles. The Morgan fingerprint density at radius 1 is 1.33 bits per heavy atom. The first-order valence-electron chi connectivity index (χ1n) is 5.43. The van der Waals surface area contributed by atoms with Crippen molar-refractivity contribution in [3.05, 3.63) is 28.0 Å². The van der Waals surface area contributed by atoms with Gasteiger partial charge < -0.3 is 4.42 Å². The molecule has 5 nitrogen and oxygen atoms in total. The van der Waals surface area contributed by atoms with Crippen LogP contribution in [-0.2, 0) is 4.79 Å². The Bertz CT molecular complexity index is 650. The molecule has 0 spiro atoms. The van der Waals surface area contributed by atoms with Gasteiger partial charge in [0.25, 0.3) is 0 Å². The Balaban J connectivity index is 2.06. The molecular weight excluding hydrogens is 347 g/mol. The Morgan fingerprint density at radius 3 is 2.94 bits per heavy atom. The van der Waals surface area contributed by atoms with Gasteiger partial charge in [-0.3, -0.25) is 15.0 Å². The molecule has 1 aromatic carbocycles. The monoisotopic (exact) mass is 356 g/mol. The highest BCUT2D eigenvalue weighted by atomic mass is 127. The van der Waals surface area contributed by atoms with Crippen LogP contribution in [0.3, 0.4) is 0 Å². The van der Waals surface area contributed by atoms with E-state index in [4.69, 9.17) is 4.42 Å². The molecule has 1 aromatic heterocycles. The zero-order chi connectivity index (χ0) is 12.7. The number of benzene rings is 1. The quantitative estimate of drug-likeness (QED) is 0.799. The number of nitrogens with one attached hydrogen (secondary N) is 1. The zero-order valence-electron chi connectivity index (χ0n) is 9.27. The number of amides is 3. The smallest absolute Gasteiger partial charge is 0.328 e. The van der Waals surface area contributed by atoms with E-state index in [2.05, 4.69) is 27.9 Å². The largest absolute Gasteiger partial charge is 0.462 e. The number of rotatable bonds is 1. The van der Waals surface area contributed by atoms with Gasteiger partial charge in [-0.2, -0.15) is 0 Å². The standard InChI is InChI=1S/C12H9IN2O3/c13-7-1-2-10-8(5-7)9(6-18-10)15-4-3-11(16)14-12(15)17/h1-2,5-6H,3-4H2,(H,14,16,17). The number of furan rings is 1. The van der Waals surface area contributed by atoms with Gasteiger partial charge in [0, 0.05) is 21.9 Å². The minimum absolute atomic E-state index is 0.237. The number of hydrogen-bond donors (Lipinski definition) is 1. The molecule has 1 aliphatic rings. The fraction of sp³-hybridized carbons (Fsp3) is 0.167. The van der Waals surface area contributed by atoms with Crippen molar-refractivity contribution in [1.82, 2.24) is 5.32 Å². The van der Waals surface area contributed by atoms with Crippen LogP contribution in [0.5, 0.6) is 0 Å². The van der Waals surface area contributed by atoms with Gasteiger partial charge in [0.15, 0.2) is 0 Å². The highest BCUT2D eigenvalue weighted by Gasteiger charge is 2.26. The maximum absolute atomic E-state index is 11.8. The summed E-state index contributed by atoms with van der Waals surface area (Å²) in [5, 5.41) is 3.18. The van der Waals surface area contributed by atoms with Crippen LogP contribution in [0.4, 0.5) is 10.5 Å². The molecule has 18 heavy (non-hydrogen) atoms. The summed E-state index contributed by atoms with van der Waals surface area (Å²) in [5.74, 6) is -0.237. The van der Waals surface area contributed by atoms with Crippen LogP contribution in [0, 0.1) is 3.57 Å². The first-order chi connectivity index (χ1) is 8.65. The lowest BCUT2D eigenvalue weighted by Crippen LogP contribution is -2.49. The number of fused-ring (bicyclic) bond motifs is 1. The van der Waals surface area contributed by atoms with Crippen LogP contribution in [0.25, 0.3) is 11.0 Å². The van der Waals surface area contributed by atoms with E-state index in [1.807, 2.05) is 18.2 Å². The number of anilines is 1. The summed E-state index contributed by atoms with van der Waals surface area (Å²) in [6, 6.07) is 5.37. The Morgan fingerprint density at radius 2 is 2.17 bits per heavy atom. The van der Waals surface area contributed by atoms with Crippen molar-refractivity contribution in [2.75, 3.05) is 11.4 Å². The molecule has 2 aromatic rings. The molecule has 0 radical (unpaired) electrons. The maximum atomic E-state index is 11.8. The minimum Gasteiger partial charge on any atom is -0.462 e. The van der Waals surface area contributed by atoms with Gasteiger partial charge in [-0.1, -0.05) is 0 Å². The van der Waals surface area contributed by atoms with E-state index in [1.165, 1.54) is 4.90 Å². The van der Waals surface area contributed by atoms with Crippen LogP contribution in [0.2, 0.25) is 0 Å². The van der Waals surface area contributed by atoms with E-state index in [-0.39, 0.29) is 5.91 Å². The number of urea groups is 1. The topological polar surface area (TPSA) is 62.6 Å². The molecule has 1 saturated heterocycles. The minimum atomic E-state index is -0.396. The van der Waals surface area contributed by atoms with Crippen molar-refractivity contribution in [3.63, 3.8) is 0 Å². The van der Waals surface area contributed by atoms with Gasteiger partial charge in [-0.15, -0.1) is 0 Å². The van der Waals surface area contributed by atoms with Gasteiger partial charge in [0.1, 0.15) is 11.8 Å². The molecule has 0 aliphatic carbocycles. The Hall–Kier alpha value is -1.57. The van der Waals surface area contributed by atoms with Gasteiger partial charge in [0.2, 0.25) is 5.91 Å². The molecule has 3 amide bonds. The fourth-order valence-corrected chi connectivity index (χ4v) is 2.48. The molecular formula is C12H9IN2O3. The number of imide groups is 1. The summed E-state index contributed by atoms with van der Waals surface area (Å²) in [6.45, 7) is 0.380. The van der Waals surface area contributed by atoms with Crippen LogP contribution in [-0.4, -0.2) is 18.5 Å². The molecule has 0 saturated carbocycles. The Labute approximate surface area is 116 Å². The number of halogens is 1. The van der Waals surface area contributed by atoms with E-state index < -0.39 is 6.03 Å².